The summed E-state index contributed by atoms with van der Waals surface area (Å²) in [6, 6.07) is 3.76. The Labute approximate surface area is 130 Å². The first kappa shape index (κ1) is 15.5. The zero-order valence-corrected chi connectivity index (χ0v) is 14.4. The smallest absolute Gasteiger partial charge is 0.234 e. The molecule has 0 spiro atoms. The Morgan fingerprint density at radius 3 is 2.41 bits per heavy atom. The van der Waals surface area contributed by atoms with Crippen LogP contribution < -0.4 is 11.1 Å². The molecule has 0 aliphatic carbocycles. The van der Waals surface area contributed by atoms with E-state index in [2.05, 4.69) is 53.1 Å². The van der Waals surface area contributed by atoms with E-state index in [-0.39, 0.29) is 5.91 Å². The molecule has 0 saturated heterocycles. The van der Waals surface area contributed by atoms with Gasteiger partial charge in [0, 0.05) is 25.7 Å². The molecular formula is C10H11Br3N2OS. The molecule has 0 heterocycles. The van der Waals surface area contributed by atoms with Gasteiger partial charge in [-0.2, -0.15) is 11.8 Å². The minimum atomic E-state index is -0.0350. The molecule has 1 amide bonds. The lowest BCUT2D eigenvalue weighted by Crippen LogP contribution is -2.16. The minimum absolute atomic E-state index is 0.0350. The van der Waals surface area contributed by atoms with Gasteiger partial charge < -0.3 is 11.1 Å². The lowest BCUT2D eigenvalue weighted by molar-refractivity contribution is -0.113. The van der Waals surface area contributed by atoms with Crippen LogP contribution in [0.15, 0.2) is 25.6 Å². The average molecular weight is 447 g/mol. The lowest BCUT2D eigenvalue weighted by Gasteiger charge is -2.10. The molecule has 0 saturated carbocycles. The number of carbonyl (C=O) groups is 1. The molecule has 3 N–H and O–H groups in total. The van der Waals surface area contributed by atoms with Crippen LogP contribution in [0.5, 0.6) is 0 Å². The quantitative estimate of drug-likeness (QED) is 0.679. The number of nitrogens with two attached hydrogens (primary N) is 1. The summed E-state index contributed by atoms with van der Waals surface area (Å²) in [5.41, 5.74) is 6.10. The van der Waals surface area contributed by atoms with Gasteiger partial charge >= 0.3 is 0 Å². The van der Waals surface area contributed by atoms with Crippen LogP contribution in [-0.2, 0) is 4.79 Å². The van der Waals surface area contributed by atoms with E-state index in [1.54, 1.807) is 0 Å². The zero-order valence-electron chi connectivity index (χ0n) is 8.80. The number of halogens is 3. The highest BCUT2D eigenvalue weighted by Crippen LogP contribution is 2.34. The maximum atomic E-state index is 11.7. The molecule has 1 aromatic carbocycles. The van der Waals surface area contributed by atoms with Gasteiger partial charge in [-0.15, -0.1) is 0 Å². The Bertz CT molecular complexity index is 392. The first-order valence-electron chi connectivity index (χ1n) is 4.76. The summed E-state index contributed by atoms with van der Waals surface area (Å²) in [5, 5.41) is 2.85. The second-order valence-electron chi connectivity index (χ2n) is 3.13. The van der Waals surface area contributed by atoms with E-state index in [1.807, 2.05) is 12.1 Å². The first-order valence-corrected chi connectivity index (χ1v) is 8.30. The number of nitrogens with one attached hydrogen (secondary N) is 1. The fraction of sp³-hybridized carbons (Fsp3) is 0.300. The van der Waals surface area contributed by atoms with E-state index >= 15 is 0 Å². The van der Waals surface area contributed by atoms with Gasteiger partial charge in [-0.05, 0) is 44.0 Å². The second-order valence-corrected chi connectivity index (χ2v) is 6.86. The lowest BCUT2D eigenvalue weighted by atomic mass is 10.3. The Morgan fingerprint density at radius 1 is 1.29 bits per heavy atom. The van der Waals surface area contributed by atoms with Gasteiger partial charge in [0.1, 0.15) is 0 Å². The van der Waals surface area contributed by atoms with Gasteiger partial charge in [-0.3, -0.25) is 4.79 Å². The van der Waals surface area contributed by atoms with E-state index in [0.29, 0.717) is 12.3 Å². The number of anilines is 1. The molecule has 0 bridgehead atoms. The van der Waals surface area contributed by atoms with Crippen LogP contribution >= 0.6 is 59.6 Å². The number of hydrogen-bond donors (Lipinski definition) is 2. The molecule has 7 heteroatoms. The largest absolute Gasteiger partial charge is 0.330 e. The maximum absolute atomic E-state index is 11.7. The molecule has 3 nitrogen and oxygen atoms in total. The Hall–Kier alpha value is 0.440. The Kier molecular flexibility index (Phi) is 7.10. The van der Waals surface area contributed by atoms with Gasteiger partial charge in [0.2, 0.25) is 5.91 Å². The highest BCUT2D eigenvalue weighted by atomic mass is 79.9. The summed E-state index contributed by atoms with van der Waals surface area (Å²) in [4.78, 5) is 11.7. The highest BCUT2D eigenvalue weighted by Gasteiger charge is 2.10. The third-order valence-corrected chi connectivity index (χ3v) is 4.47. The Balaban J connectivity index is 2.65. The number of thioether (sulfide) groups is 1. The summed E-state index contributed by atoms with van der Waals surface area (Å²) >= 11 is 11.7. The van der Waals surface area contributed by atoms with Gasteiger partial charge in [0.05, 0.1) is 11.4 Å². The molecule has 0 fully saturated rings. The van der Waals surface area contributed by atoms with Crippen LogP contribution in [0.2, 0.25) is 0 Å². The van der Waals surface area contributed by atoms with Crippen molar-refractivity contribution in [3.05, 3.63) is 25.6 Å². The summed E-state index contributed by atoms with van der Waals surface area (Å²) in [5.74, 6) is 1.16. The molecule has 0 radical (unpaired) electrons. The van der Waals surface area contributed by atoms with E-state index in [0.717, 1.165) is 24.9 Å². The number of hydrogen-bond acceptors (Lipinski definition) is 3. The fourth-order valence-corrected chi connectivity index (χ4v) is 4.11. The second kappa shape index (κ2) is 7.78. The van der Waals surface area contributed by atoms with Crippen molar-refractivity contribution >= 4 is 71.1 Å². The van der Waals surface area contributed by atoms with Crippen molar-refractivity contribution in [3.63, 3.8) is 0 Å². The van der Waals surface area contributed by atoms with Gasteiger partial charge in [0.25, 0.3) is 0 Å². The molecule has 94 valence electrons. The van der Waals surface area contributed by atoms with Crippen LogP contribution in [-0.4, -0.2) is 24.0 Å². The summed E-state index contributed by atoms with van der Waals surface area (Å²) in [7, 11) is 0. The van der Waals surface area contributed by atoms with Crippen molar-refractivity contribution < 1.29 is 4.79 Å². The van der Waals surface area contributed by atoms with E-state index < -0.39 is 0 Å². The molecule has 0 atom stereocenters. The highest BCUT2D eigenvalue weighted by molar-refractivity contribution is 9.11. The molecule has 0 unspecified atom stereocenters. The number of carbonyl (C=O) groups excluding carboxylic acids is 1. The SMILES string of the molecule is NCCSCC(=O)Nc1c(Br)cc(Br)cc1Br. The summed E-state index contributed by atoms with van der Waals surface area (Å²) < 4.78 is 2.60. The van der Waals surface area contributed by atoms with Crippen LogP contribution in [0, 0.1) is 0 Å². The van der Waals surface area contributed by atoms with Crippen molar-refractivity contribution in [1.29, 1.82) is 0 Å². The number of rotatable bonds is 5. The van der Waals surface area contributed by atoms with Crippen molar-refractivity contribution in [3.8, 4) is 0 Å². The van der Waals surface area contributed by atoms with Crippen LogP contribution in [0.25, 0.3) is 0 Å². The minimum Gasteiger partial charge on any atom is -0.330 e. The van der Waals surface area contributed by atoms with E-state index in [4.69, 9.17) is 5.73 Å². The van der Waals surface area contributed by atoms with Gasteiger partial charge in [-0.1, -0.05) is 15.9 Å². The van der Waals surface area contributed by atoms with Crippen molar-refractivity contribution in [2.24, 2.45) is 5.73 Å². The normalized spacial score (nSPS) is 10.4. The fourth-order valence-electron chi connectivity index (χ4n) is 1.09. The average Bonchev–Trinajstić information content (AvgIpc) is 2.24. The summed E-state index contributed by atoms with van der Waals surface area (Å²) in [6.07, 6.45) is 0. The van der Waals surface area contributed by atoms with E-state index in [1.165, 1.54) is 11.8 Å². The van der Waals surface area contributed by atoms with Crippen LogP contribution in [0.4, 0.5) is 5.69 Å². The van der Waals surface area contributed by atoms with E-state index in [9.17, 15) is 4.79 Å². The zero-order chi connectivity index (χ0) is 12.8. The third kappa shape index (κ3) is 5.30. The third-order valence-electron chi connectivity index (χ3n) is 1.77. The molecule has 0 aliphatic heterocycles. The van der Waals surface area contributed by atoms with Crippen LogP contribution in [0.1, 0.15) is 0 Å². The molecule has 1 rings (SSSR count). The summed E-state index contributed by atoms with van der Waals surface area (Å²) in [6.45, 7) is 0.587. The molecule has 17 heavy (non-hydrogen) atoms. The Morgan fingerprint density at radius 2 is 1.88 bits per heavy atom. The molecule has 1 aromatic rings. The molecule has 0 aliphatic rings. The molecular weight excluding hydrogens is 436 g/mol. The van der Waals surface area contributed by atoms with Crippen molar-refractivity contribution in [2.75, 3.05) is 23.4 Å². The van der Waals surface area contributed by atoms with Gasteiger partial charge in [0.15, 0.2) is 0 Å². The first-order chi connectivity index (χ1) is 8.04. The predicted molar refractivity (Wildman–Crippen MR) is 84.6 cm³/mol. The predicted octanol–water partition coefficient (Wildman–Crippen LogP) is 3.60. The topological polar surface area (TPSA) is 55.1 Å². The van der Waals surface area contributed by atoms with Crippen molar-refractivity contribution in [2.45, 2.75) is 0 Å². The maximum Gasteiger partial charge on any atom is 0.234 e. The monoisotopic (exact) mass is 444 g/mol. The van der Waals surface area contributed by atoms with Crippen molar-refractivity contribution in [1.82, 2.24) is 0 Å². The van der Waals surface area contributed by atoms with Gasteiger partial charge in [-0.25, -0.2) is 0 Å². The number of benzene rings is 1. The number of amides is 1. The van der Waals surface area contributed by atoms with Crippen LogP contribution in [0.3, 0.4) is 0 Å². The molecule has 0 aromatic heterocycles. The standard InChI is InChI=1S/C10H11Br3N2OS/c11-6-3-7(12)10(8(13)4-6)15-9(16)5-17-2-1-14/h3-4H,1-2,5,14H2,(H,15,16).